The van der Waals surface area contributed by atoms with E-state index < -0.39 is 0 Å². The maximum atomic E-state index is 3.55. The second kappa shape index (κ2) is 2.91. The van der Waals surface area contributed by atoms with Gasteiger partial charge in [-0.1, -0.05) is 20.8 Å². The molecule has 1 N–H and O–H groups in total. The summed E-state index contributed by atoms with van der Waals surface area (Å²) < 4.78 is 0. The lowest BCUT2D eigenvalue weighted by molar-refractivity contribution is 0.253. The van der Waals surface area contributed by atoms with Gasteiger partial charge in [0.05, 0.1) is 0 Å². The van der Waals surface area contributed by atoms with Crippen LogP contribution in [0.2, 0.25) is 0 Å². The molecule has 0 saturated carbocycles. The third-order valence-electron chi connectivity index (χ3n) is 2.91. The first kappa shape index (κ1) is 8.06. The molecular weight excluding hydrogens is 122 g/mol. The average molecular weight is 141 g/mol. The molecule has 0 unspecified atom stereocenters. The summed E-state index contributed by atoms with van der Waals surface area (Å²) in [6.07, 6.45) is 4.03. The maximum absolute atomic E-state index is 3.55. The first-order valence-corrected chi connectivity index (χ1v) is 4.40. The van der Waals surface area contributed by atoms with E-state index in [9.17, 15) is 0 Å². The smallest absolute Gasteiger partial charge is 0.0119 e. The molecule has 0 aliphatic carbocycles. The van der Waals surface area contributed by atoms with E-state index in [1.54, 1.807) is 0 Å². The molecule has 0 spiro atoms. The fourth-order valence-electron chi connectivity index (χ4n) is 1.60. The summed E-state index contributed by atoms with van der Waals surface area (Å²) >= 11 is 0. The normalized spacial score (nSPS) is 27.3. The van der Waals surface area contributed by atoms with Gasteiger partial charge in [0.15, 0.2) is 0 Å². The van der Waals surface area contributed by atoms with Gasteiger partial charge < -0.3 is 5.32 Å². The molecule has 1 fully saturated rings. The van der Waals surface area contributed by atoms with Gasteiger partial charge in [0, 0.05) is 6.04 Å². The molecule has 1 aliphatic rings. The van der Waals surface area contributed by atoms with Crippen molar-refractivity contribution in [1.29, 1.82) is 0 Å². The Morgan fingerprint density at radius 1 is 1.50 bits per heavy atom. The van der Waals surface area contributed by atoms with Crippen LogP contribution in [0.5, 0.6) is 0 Å². The van der Waals surface area contributed by atoms with Gasteiger partial charge in [0.1, 0.15) is 0 Å². The zero-order chi connectivity index (χ0) is 7.61. The highest BCUT2D eigenvalue weighted by Crippen LogP contribution is 2.29. The van der Waals surface area contributed by atoms with E-state index in [1.807, 2.05) is 0 Å². The van der Waals surface area contributed by atoms with Crippen molar-refractivity contribution < 1.29 is 0 Å². The minimum Gasteiger partial charge on any atom is -0.313 e. The molecule has 0 aromatic carbocycles. The number of hydrogen-bond acceptors (Lipinski definition) is 1. The SMILES string of the molecule is CCC(C)(C)[C@H]1CCCN1. The van der Waals surface area contributed by atoms with Gasteiger partial charge in [0.2, 0.25) is 0 Å². The molecule has 1 heterocycles. The van der Waals surface area contributed by atoms with Gasteiger partial charge in [0.25, 0.3) is 0 Å². The van der Waals surface area contributed by atoms with Crippen molar-refractivity contribution in [3.8, 4) is 0 Å². The zero-order valence-corrected chi connectivity index (χ0v) is 7.41. The molecule has 1 rings (SSSR count). The van der Waals surface area contributed by atoms with Crippen molar-refractivity contribution in [2.75, 3.05) is 6.54 Å². The van der Waals surface area contributed by atoms with Crippen LogP contribution in [0.15, 0.2) is 0 Å². The fraction of sp³-hybridized carbons (Fsp3) is 1.00. The minimum absolute atomic E-state index is 0.510. The molecule has 1 heteroatoms. The first-order valence-electron chi connectivity index (χ1n) is 4.40. The molecule has 0 bridgehead atoms. The van der Waals surface area contributed by atoms with Crippen LogP contribution in [0.1, 0.15) is 40.0 Å². The lowest BCUT2D eigenvalue weighted by atomic mass is 9.81. The van der Waals surface area contributed by atoms with Gasteiger partial charge in [-0.2, -0.15) is 0 Å². The minimum atomic E-state index is 0.510. The second-order valence-electron chi connectivity index (χ2n) is 3.99. The number of nitrogens with one attached hydrogen (secondary N) is 1. The Hall–Kier alpha value is -0.0400. The summed E-state index contributed by atoms with van der Waals surface area (Å²) in [7, 11) is 0. The summed E-state index contributed by atoms with van der Waals surface area (Å²) in [6, 6.07) is 0.775. The Labute approximate surface area is 64.2 Å². The zero-order valence-electron chi connectivity index (χ0n) is 7.41. The Bertz CT molecular complexity index is 101. The van der Waals surface area contributed by atoms with Crippen LogP contribution in [-0.4, -0.2) is 12.6 Å². The molecule has 0 aromatic heterocycles. The molecule has 1 nitrogen and oxygen atoms in total. The highest BCUT2D eigenvalue weighted by atomic mass is 15.0. The Morgan fingerprint density at radius 3 is 2.60 bits per heavy atom. The molecular formula is C9H19N. The topological polar surface area (TPSA) is 12.0 Å². The third kappa shape index (κ3) is 1.51. The van der Waals surface area contributed by atoms with Gasteiger partial charge in [-0.05, 0) is 31.2 Å². The van der Waals surface area contributed by atoms with Crippen LogP contribution in [0, 0.1) is 5.41 Å². The van der Waals surface area contributed by atoms with Crippen molar-refractivity contribution in [1.82, 2.24) is 5.32 Å². The van der Waals surface area contributed by atoms with E-state index in [1.165, 1.54) is 25.8 Å². The van der Waals surface area contributed by atoms with E-state index in [2.05, 4.69) is 26.1 Å². The molecule has 0 aromatic rings. The Kier molecular flexibility index (Phi) is 2.35. The number of hydrogen-bond donors (Lipinski definition) is 1. The molecule has 0 amide bonds. The highest BCUT2D eigenvalue weighted by molar-refractivity contribution is 4.86. The summed E-state index contributed by atoms with van der Waals surface area (Å²) in [5, 5.41) is 3.55. The van der Waals surface area contributed by atoms with Crippen LogP contribution in [-0.2, 0) is 0 Å². The predicted molar refractivity (Wildman–Crippen MR) is 45.1 cm³/mol. The predicted octanol–water partition coefficient (Wildman–Crippen LogP) is 2.17. The van der Waals surface area contributed by atoms with E-state index in [-0.39, 0.29) is 0 Å². The van der Waals surface area contributed by atoms with Crippen LogP contribution >= 0.6 is 0 Å². The molecule has 1 saturated heterocycles. The van der Waals surface area contributed by atoms with Crippen molar-refractivity contribution >= 4 is 0 Å². The van der Waals surface area contributed by atoms with Gasteiger partial charge in [-0.3, -0.25) is 0 Å². The molecule has 0 radical (unpaired) electrons. The van der Waals surface area contributed by atoms with E-state index in [0.717, 1.165) is 6.04 Å². The van der Waals surface area contributed by atoms with Crippen LogP contribution < -0.4 is 5.32 Å². The largest absolute Gasteiger partial charge is 0.313 e. The quantitative estimate of drug-likeness (QED) is 0.621. The standard InChI is InChI=1S/C9H19N/c1-4-9(2,3)8-6-5-7-10-8/h8,10H,4-7H2,1-3H3/t8-/m1/s1. The highest BCUT2D eigenvalue weighted by Gasteiger charge is 2.29. The average Bonchev–Trinajstić information content (AvgIpc) is 2.38. The Balaban J connectivity index is 2.45. The maximum Gasteiger partial charge on any atom is 0.0119 e. The van der Waals surface area contributed by atoms with Crippen LogP contribution in [0.4, 0.5) is 0 Å². The van der Waals surface area contributed by atoms with Crippen molar-refractivity contribution in [2.24, 2.45) is 5.41 Å². The van der Waals surface area contributed by atoms with Gasteiger partial charge >= 0.3 is 0 Å². The lowest BCUT2D eigenvalue weighted by Crippen LogP contribution is -2.36. The van der Waals surface area contributed by atoms with Gasteiger partial charge in [-0.25, -0.2) is 0 Å². The van der Waals surface area contributed by atoms with E-state index in [0.29, 0.717) is 5.41 Å². The summed E-state index contributed by atoms with van der Waals surface area (Å²) in [4.78, 5) is 0. The van der Waals surface area contributed by atoms with Crippen molar-refractivity contribution in [3.63, 3.8) is 0 Å². The molecule has 1 atom stereocenters. The first-order chi connectivity index (χ1) is 4.67. The van der Waals surface area contributed by atoms with Crippen LogP contribution in [0.25, 0.3) is 0 Å². The molecule has 10 heavy (non-hydrogen) atoms. The summed E-state index contributed by atoms with van der Waals surface area (Å²) in [5.41, 5.74) is 0.510. The molecule has 1 aliphatic heterocycles. The van der Waals surface area contributed by atoms with Crippen molar-refractivity contribution in [2.45, 2.75) is 46.1 Å². The monoisotopic (exact) mass is 141 g/mol. The fourth-order valence-corrected chi connectivity index (χ4v) is 1.60. The van der Waals surface area contributed by atoms with E-state index >= 15 is 0 Å². The summed E-state index contributed by atoms with van der Waals surface area (Å²) in [5.74, 6) is 0. The molecule has 60 valence electrons. The number of rotatable bonds is 2. The van der Waals surface area contributed by atoms with Crippen LogP contribution in [0.3, 0.4) is 0 Å². The van der Waals surface area contributed by atoms with Gasteiger partial charge in [-0.15, -0.1) is 0 Å². The lowest BCUT2D eigenvalue weighted by Gasteiger charge is -2.30. The second-order valence-corrected chi connectivity index (χ2v) is 3.99. The third-order valence-corrected chi connectivity index (χ3v) is 2.91. The summed E-state index contributed by atoms with van der Waals surface area (Å²) in [6.45, 7) is 8.22. The Morgan fingerprint density at radius 2 is 2.20 bits per heavy atom. The van der Waals surface area contributed by atoms with E-state index in [4.69, 9.17) is 0 Å². The van der Waals surface area contributed by atoms with Crippen molar-refractivity contribution in [3.05, 3.63) is 0 Å².